The lowest BCUT2D eigenvalue weighted by Gasteiger charge is -2.08. The van der Waals surface area contributed by atoms with Crippen molar-refractivity contribution in [2.24, 2.45) is 0 Å². The lowest BCUT2D eigenvalue weighted by molar-refractivity contribution is -0.385. The van der Waals surface area contributed by atoms with E-state index < -0.39 is 14.9 Å². The van der Waals surface area contributed by atoms with Gasteiger partial charge in [0.25, 0.3) is 5.69 Å². The smallest absolute Gasteiger partial charge is 0.258 e. The number of nitrogens with zero attached hydrogens (tertiary/aromatic N) is 1. The van der Waals surface area contributed by atoms with Crippen LogP contribution in [-0.2, 0) is 10.0 Å². The van der Waals surface area contributed by atoms with Crippen LogP contribution in [0.5, 0.6) is 0 Å². The molecule has 1 rings (SSSR count). The van der Waals surface area contributed by atoms with Crippen LogP contribution < -0.4 is 4.72 Å². The van der Waals surface area contributed by atoms with E-state index in [0.29, 0.717) is 22.9 Å². The Labute approximate surface area is 120 Å². The highest BCUT2D eigenvalue weighted by molar-refractivity contribution is 9.09. The largest absolute Gasteiger partial charge is 0.273 e. The van der Waals surface area contributed by atoms with Gasteiger partial charge in [0.05, 0.1) is 9.82 Å². The fourth-order valence-electron chi connectivity index (χ4n) is 1.51. The van der Waals surface area contributed by atoms with Crippen molar-refractivity contribution in [3.05, 3.63) is 33.4 Å². The zero-order valence-corrected chi connectivity index (χ0v) is 13.0. The first-order valence-corrected chi connectivity index (χ1v) is 8.21. The second-order valence-corrected chi connectivity index (χ2v) is 6.64. The van der Waals surface area contributed by atoms with Crippen molar-refractivity contribution in [2.45, 2.75) is 25.2 Å². The number of hydrogen-bond donors (Lipinski definition) is 1. The maximum Gasteiger partial charge on any atom is 0.273 e. The minimum atomic E-state index is -3.70. The molecule has 0 aliphatic rings. The standard InChI is InChI=1S/C11H15BrN2O4S/c1-8-6-10(7-11(9(8)2)14(15)16)19(17,18)13-5-3-4-12/h6-7,13H,3-5H2,1-2H3. The molecule has 0 atom stereocenters. The minimum Gasteiger partial charge on any atom is -0.258 e. The Hall–Kier alpha value is -0.990. The van der Waals surface area contributed by atoms with E-state index in [2.05, 4.69) is 20.7 Å². The van der Waals surface area contributed by atoms with E-state index in [1.807, 2.05) is 0 Å². The van der Waals surface area contributed by atoms with Crippen molar-refractivity contribution in [3.8, 4) is 0 Å². The molecule has 0 radical (unpaired) electrons. The molecular weight excluding hydrogens is 336 g/mol. The van der Waals surface area contributed by atoms with Gasteiger partial charge < -0.3 is 0 Å². The highest BCUT2D eigenvalue weighted by atomic mass is 79.9. The topological polar surface area (TPSA) is 89.3 Å². The van der Waals surface area contributed by atoms with E-state index in [1.54, 1.807) is 13.8 Å². The third-order valence-corrected chi connectivity index (χ3v) is 4.72. The van der Waals surface area contributed by atoms with Gasteiger partial charge in [-0.1, -0.05) is 15.9 Å². The molecule has 0 saturated carbocycles. The quantitative estimate of drug-likeness (QED) is 0.369. The van der Waals surface area contributed by atoms with Crippen LogP contribution in [0, 0.1) is 24.0 Å². The molecule has 1 aromatic carbocycles. The van der Waals surface area contributed by atoms with E-state index in [4.69, 9.17) is 0 Å². The summed E-state index contributed by atoms with van der Waals surface area (Å²) >= 11 is 3.20. The molecule has 0 saturated heterocycles. The van der Waals surface area contributed by atoms with Crippen LogP contribution in [0.25, 0.3) is 0 Å². The first-order chi connectivity index (χ1) is 8.79. The van der Waals surface area contributed by atoms with Gasteiger partial charge in [-0.05, 0) is 31.9 Å². The maximum absolute atomic E-state index is 12.0. The molecule has 0 spiro atoms. The van der Waals surface area contributed by atoms with E-state index >= 15 is 0 Å². The average Bonchev–Trinajstić information content (AvgIpc) is 2.32. The molecule has 0 fully saturated rings. The lowest BCUT2D eigenvalue weighted by atomic mass is 10.1. The van der Waals surface area contributed by atoms with Gasteiger partial charge in [0.1, 0.15) is 0 Å². The Balaban J connectivity index is 3.17. The molecule has 1 N–H and O–H groups in total. The van der Waals surface area contributed by atoms with Crippen LogP contribution >= 0.6 is 15.9 Å². The van der Waals surface area contributed by atoms with E-state index in [0.717, 1.165) is 6.07 Å². The maximum atomic E-state index is 12.0. The third kappa shape index (κ3) is 3.99. The number of halogens is 1. The van der Waals surface area contributed by atoms with Gasteiger partial charge in [-0.25, -0.2) is 13.1 Å². The molecule has 0 unspecified atom stereocenters. The number of rotatable bonds is 6. The number of nitro benzene ring substituents is 1. The summed E-state index contributed by atoms with van der Waals surface area (Å²) in [5.74, 6) is 0. The third-order valence-electron chi connectivity index (χ3n) is 2.72. The van der Waals surface area contributed by atoms with Crippen LogP contribution in [0.15, 0.2) is 17.0 Å². The van der Waals surface area contributed by atoms with Crippen LogP contribution in [0.3, 0.4) is 0 Å². The van der Waals surface area contributed by atoms with Crippen molar-refractivity contribution >= 4 is 31.6 Å². The second-order valence-electron chi connectivity index (χ2n) is 4.08. The lowest BCUT2D eigenvalue weighted by Crippen LogP contribution is -2.25. The first-order valence-electron chi connectivity index (χ1n) is 5.61. The van der Waals surface area contributed by atoms with Crippen molar-refractivity contribution in [1.29, 1.82) is 0 Å². The van der Waals surface area contributed by atoms with Crippen LogP contribution in [0.2, 0.25) is 0 Å². The van der Waals surface area contributed by atoms with Crippen molar-refractivity contribution in [3.63, 3.8) is 0 Å². The van der Waals surface area contributed by atoms with Gasteiger partial charge >= 0.3 is 0 Å². The highest BCUT2D eigenvalue weighted by Crippen LogP contribution is 2.25. The molecule has 1 aromatic rings. The Morgan fingerprint density at radius 2 is 2.00 bits per heavy atom. The number of nitrogens with one attached hydrogen (secondary N) is 1. The van der Waals surface area contributed by atoms with Crippen molar-refractivity contribution in [2.75, 3.05) is 11.9 Å². The molecule has 0 heterocycles. The van der Waals surface area contributed by atoms with E-state index in [1.165, 1.54) is 6.07 Å². The Morgan fingerprint density at radius 1 is 1.37 bits per heavy atom. The first kappa shape index (κ1) is 16.1. The molecule has 19 heavy (non-hydrogen) atoms. The van der Waals surface area contributed by atoms with Crippen LogP contribution in [0.1, 0.15) is 17.5 Å². The molecule has 0 amide bonds. The number of hydrogen-bond acceptors (Lipinski definition) is 4. The average molecular weight is 351 g/mol. The normalized spacial score (nSPS) is 11.5. The molecule has 106 valence electrons. The van der Waals surface area contributed by atoms with Gasteiger partial charge in [0.2, 0.25) is 10.0 Å². The number of benzene rings is 1. The summed E-state index contributed by atoms with van der Waals surface area (Å²) in [6.07, 6.45) is 0.645. The van der Waals surface area contributed by atoms with Crippen molar-refractivity contribution in [1.82, 2.24) is 4.72 Å². The Bertz CT molecular complexity index is 587. The summed E-state index contributed by atoms with van der Waals surface area (Å²) in [4.78, 5) is 10.3. The van der Waals surface area contributed by atoms with Crippen molar-refractivity contribution < 1.29 is 13.3 Å². The Kier molecular flexibility index (Phi) is 5.45. The summed E-state index contributed by atoms with van der Waals surface area (Å²) in [6.45, 7) is 3.54. The zero-order chi connectivity index (χ0) is 14.6. The summed E-state index contributed by atoms with van der Waals surface area (Å²) in [7, 11) is -3.70. The molecule has 0 bridgehead atoms. The van der Waals surface area contributed by atoms with Gasteiger partial charge in [-0.2, -0.15) is 0 Å². The van der Waals surface area contributed by atoms with Gasteiger partial charge in [-0.15, -0.1) is 0 Å². The summed E-state index contributed by atoms with van der Waals surface area (Å²) < 4.78 is 26.4. The fourth-order valence-corrected chi connectivity index (χ4v) is 2.97. The number of sulfonamides is 1. The van der Waals surface area contributed by atoms with Gasteiger partial charge in [0, 0.05) is 23.5 Å². The molecule has 0 aromatic heterocycles. The number of nitro groups is 1. The zero-order valence-electron chi connectivity index (χ0n) is 10.6. The molecule has 6 nitrogen and oxygen atoms in total. The molecule has 8 heteroatoms. The molecular formula is C11H15BrN2O4S. The van der Waals surface area contributed by atoms with Crippen LogP contribution in [0.4, 0.5) is 5.69 Å². The summed E-state index contributed by atoms with van der Waals surface area (Å²) in [5.41, 5.74) is 0.875. The van der Waals surface area contributed by atoms with E-state index in [9.17, 15) is 18.5 Å². The molecule has 0 aliphatic heterocycles. The second kappa shape index (κ2) is 6.44. The van der Waals surface area contributed by atoms with Crippen LogP contribution in [-0.4, -0.2) is 25.2 Å². The number of alkyl halides is 1. The monoisotopic (exact) mass is 350 g/mol. The summed E-state index contributed by atoms with van der Waals surface area (Å²) in [6, 6.07) is 2.54. The van der Waals surface area contributed by atoms with Gasteiger partial charge in [0.15, 0.2) is 0 Å². The highest BCUT2D eigenvalue weighted by Gasteiger charge is 2.21. The van der Waals surface area contributed by atoms with Gasteiger partial charge in [-0.3, -0.25) is 10.1 Å². The summed E-state index contributed by atoms with van der Waals surface area (Å²) in [5, 5.41) is 11.6. The number of aryl methyl sites for hydroxylation is 1. The molecule has 0 aliphatic carbocycles. The van der Waals surface area contributed by atoms with E-state index in [-0.39, 0.29) is 17.1 Å². The predicted octanol–water partition coefficient (Wildman–Crippen LogP) is 2.27. The minimum absolute atomic E-state index is 0.0723. The Morgan fingerprint density at radius 3 is 2.53 bits per heavy atom. The SMILES string of the molecule is Cc1cc(S(=O)(=O)NCCCBr)cc([N+](=O)[O-])c1C. The fraction of sp³-hybridized carbons (Fsp3) is 0.455. The predicted molar refractivity (Wildman–Crippen MR) is 76.2 cm³/mol.